The van der Waals surface area contributed by atoms with Gasteiger partial charge in [0.1, 0.15) is 5.56 Å². The molecule has 0 fully saturated rings. The molecule has 1 heterocycles. The third kappa shape index (κ3) is 2.39. The highest BCUT2D eigenvalue weighted by Gasteiger charge is 2.25. The molecule has 0 saturated carbocycles. The zero-order chi connectivity index (χ0) is 12.3. The first kappa shape index (κ1) is 12.2. The van der Waals surface area contributed by atoms with Crippen molar-refractivity contribution < 1.29 is 17.9 Å². The van der Waals surface area contributed by atoms with Gasteiger partial charge >= 0.3 is 5.97 Å². The largest absolute Gasteiger partial charge is 0.449 e. The number of rotatable bonds is 3. The molecule has 0 aliphatic rings. The maximum atomic E-state index is 11.4. The van der Waals surface area contributed by atoms with Crippen LogP contribution in [0.1, 0.15) is 10.4 Å². The number of nitrogens with zero attached hydrogens (tertiary/aromatic N) is 2. The number of terminal acetylenes is 1. The van der Waals surface area contributed by atoms with Crippen molar-refractivity contribution in [1.29, 1.82) is 0 Å². The van der Waals surface area contributed by atoms with Gasteiger partial charge in [0.05, 0.1) is 6.20 Å². The second kappa shape index (κ2) is 4.34. The van der Waals surface area contributed by atoms with E-state index in [4.69, 9.17) is 11.6 Å². The minimum Gasteiger partial charge on any atom is -0.449 e. The summed E-state index contributed by atoms with van der Waals surface area (Å²) < 4.78 is 27.9. The summed E-state index contributed by atoms with van der Waals surface area (Å²) in [6.07, 6.45) is 5.95. The Labute approximate surface area is 92.2 Å². The van der Waals surface area contributed by atoms with Gasteiger partial charge in [0.25, 0.3) is 10.0 Å². The van der Waals surface area contributed by atoms with Gasteiger partial charge in [-0.1, -0.05) is 5.92 Å². The Morgan fingerprint density at radius 3 is 2.88 bits per heavy atom. The molecule has 0 aromatic carbocycles. The molecule has 8 heteroatoms. The number of carbonyl (C=O) groups is 1. The highest BCUT2D eigenvalue weighted by atomic mass is 32.2. The summed E-state index contributed by atoms with van der Waals surface area (Å²) >= 11 is 0. The number of carbonyl (C=O) groups excluding carboxylic acids is 1. The Morgan fingerprint density at radius 1 is 1.75 bits per heavy atom. The van der Waals surface area contributed by atoms with Crippen LogP contribution in [0.5, 0.6) is 0 Å². The summed E-state index contributed by atoms with van der Waals surface area (Å²) in [4.78, 5) is 11.4. The summed E-state index contributed by atoms with van der Waals surface area (Å²) in [5, 5.41) is 8.14. The Balaban J connectivity index is 3.17. The summed E-state index contributed by atoms with van der Waals surface area (Å²) in [6, 6.07) is 0. The summed E-state index contributed by atoms with van der Waals surface area (Å²) in [5.41, 5.74) is -0.236. The minimum atomic E-state index is -4.04. The zero-order valence-corrected chi connectivity index (χ0v) is 9.19. The van der Waals surface area contributed by atoms with Gasteiger partial charge in [-0.3, -0.25) is 4.68 Å². The van der Waals surface area contributed by atoms with Crippen molar-refractivity contribution in [2.45, 2.75) is 5.03 Å². The number of primary sulfonamides is 1. The molecular weight excluding hydrogens is 234 g/mol. The van der Waals surface area contributed by atoms with Crippen molar-refractivity contribution in [2.24, 2.45) is 12.2 Å². The number of esters is 1. The van der Waals surface area contributed by atoms with Crippen LogP contribution in [0.15, 0.2) is 11.2 Å². The monoisotopic (exact) mass is 243 g/mol. The third-order valence-electron chi connectivity index (χ3n) is 1.66. The number of hydrogen-bond acceptors (Lipinski definition) is 5. The fourth-order valence-corrected chi connectivity index (χ4v) is 1.95. The van der Waals surface area contributed by atoms with Crippen molar-refractivity contribution >= 4 is 16.0 Å². The number of ether oxygens (including phenoxy) is 1. The van der Waals surface area contributed by atoms with Gasteiger partial charge in [0.15, 0.2) is 11.6 Å². The van der Waals surface area contributed by atoms with E-state index in [1.54, 1.807) is 0 Å². The lowest BCUT2D eigenvalue weighted by Gasteiger charge is -2.02. The average molecular weight is 243 g/mol. The fourth-order valence-electron chi connectivity index (χ4n) is 1.09. The molecule has 0 amide bonds. The predicted molar refractivity (Wildman–Crippen MR) is 53.7 cm³/mol. The van der Waals surface area contributed by atoms with Gasteiger partial charge in [-0.15, -0.1) is 6.42 Å². The zero-order valence-electron chi connectivity index (χ0n) is 8.37. The topological polar surface area (TPSA) is 104 Å². The van der Waals surface area contributed by atoms with Crippen LogP contribution in [0.4, 0.5) is 0 Å². The van der Waals surface area contributed by atoms with Crippen LogP contribution in [0.25, 0.3) is 0 Å². The molecule has 0 atom stereocenters. The molecule has 0 unspecified atom stereocenters. The number of aryl methyl sites for hydroxylation is 1. The molecule has 0 bridgehead atoms. The van der Waals surface area contributed by atoms with Crippen LogP contribution >= 0.6 is 0 Å². The van der Waals surface area contributed by atoms with Crippen molar-refractivity contribution in [3.8, 4) is 12.3 Å². The van der Waals surface area contributed by atoms with Crippen LogP contribution in [-0.4, -0.2) is 30.8 Å². The molecular formula is C8H9N3O4S. The number of hydrogen-bond donors (Lipinski definition) is 1. The van der Waals surface area contributed by atoms with E-state index in [0.717, 1.165) is 10.9 Å². The van der Waals surface area contributed by atoms with E-state index < -0.39 is 21.0 Å². The lowest BCUT2D eigenvalue weighted by molar-refractivity contribution is 0.0551. The molecule has 7 nitrogen and oxygen atoms in total. The first-order valence-corrected chi connectivity index (χ1v) is 5.58. The normalized spacial score (nSPS) is 10.8. The van der Waals surface area contributed by atoms with Crippen molar-refractivity contribution in [3.63, 3.8) is 0 Å². The quantitative estimate of drug-likeness (QED) is 0.533. The smallest absolute Gasteiger partial charge is 0.343 e. The van der Waals surface area contributed by atoms with Crippen molar-refractivity contribution in [1.82, 2.24) is 9.78 Å². The third-order valence-corrected chi connectivity index (χ3v) is 2.68. The molecule has 0 spiro atoms. The molecule has 1 aromatic heterocycles. The first-order valence-electron chi connectivity index (χ1n) is 4.03. The molecule has 0 aliphatic carbocycles. The van der Waals surface area contributed by atoms with Gasteiger partial charge < -0.3 is 4.74 Å². The highest BCUT2D eigenvalue weighted by Crippen LogP contribution is 2.13. The molecule has 16 heavy (non-hydrogen) atoms. The van der Waals surface area contributed by atoms with E-state index in [-0.39, 0.29) is 12.2 Å². The molecule has 1 rings (SSSR count). The van der Waals surface area contributed by atoms with Crippen LogP contribution < -0.4 is 5.14 Å². The Morgan fingerprint density at radius 2 is 2.38 bits per heavy atom. The number of sulfonamides is 1. The van der Waals surface area contributed by atoms with Crippen LogP contribution in [0.2, 0.25) is 0 Å². The van der Waals surface area contributed by atoms with E-state index in [9.17, 15) is 13.2 Å². The van der Waals surface area contributed by atoms with Gasteiger partial charge in [-0.05, 0) is 0 Å². The predicted octanol–water partition coefficient (Wildman–Crippen LogP) is -1.14. The van der Waals surface area contributed by atoms with Crippen LogP contribution in [0.3, 0.4) is 0 Å². The Hall–Kier alpha value is -1.85. The number of nitrogens with two attached hydrogens (primary N) is 1. The van der Waals surface area contributed by atoms with E-state index in [1.807, 2.05) is 0 Å². The maximum Gasteiger partial charge on any atom is 0.343 e. The van der Waals surface area contributed by atoms with Gasteiger partial charge in [-0.2, -0.15) is 5.10 Å². The van der Waals surface area contributed by atoms with Crippen LogP contribution in [0, 0.1) is 12.3 Å². The molecule has 0 radical (unpaired) electrons. The van der Waals surface area contributed by atoms with Crippen molar-refractivity contribution in [3.05, 3.63) is 11.8 Å². The lowest BCUT2D eigenvalue weighted by Crippen LogP contribution is -2.20. The molecule has 2 N–H and O–H groups in total. The minimum absolute atomic E-state index is 0.236. The van der Waals surface area contributed by atoms with E-state index >= 15 is 0 Å². The Bertz CT molecular complexity index is 552. The van der Waals surface area contributed by atoms with Crippen molar-refractivity contribution in [2.75, 3.05) is 6.61 Å². The fraction of sp³-hybridized carbons (Fsp3) is 0.250. The van der Waals surface area contributed by atoms with E-state index in [2.05, 4.69) is 15.8 Å². The molecule has 0 saturated heterocycles. The second-order valence-corrected chi connectivity index (χ2v) is 4.29. The SMILES string of the molecule is C#CCOC(=O)c1cnn(C)c1S(N)(=O)=O. The summed E-state index contributed by atoms with van der Waals surface area (Å²) in [7, 11) is -2.70. The van der Waals surface area contributed by atoms with Gasteiger partial charge in [-0.25, -0.2) is 18.4 Å². The molecule has 0 aliphatic heterocycles. The summed E-state index contributed by atoms with van der Waals surface area (Å²) in [6.45, 7) is -0.252. The highest BCUT2D eigenvalue weighted by molar-refractivity contribution is 7.89. The number of aromatic nitrogens is 2. The summed E-state index contributed by atoms with van der Waals surface area (Å²) in [5.74, 6) is 1.20. The van der Waals surface area contributed by atoms with Gasteiger partial charge in [0, 0.05) is 7.05 Å². The Kier molecular flexibility index (Phi) is 3.31. The van der Waals surface area contributed by atoms with E-state index in [1.165, 1.54) is 7.05 Å². The molecule has 1 aromatic rings. The first-order chi connectivity index (χ1) is 7.38. The molecule has 86 valence electrons. The average Bonchev–Trinajstić information content (AvgIpc) is 2.56. The second-order valence-electron chi connectivity index (χ2n) is 2.81. The lowest BCUT2D eigenvalue weighted by atomic mass is 10.4. The van der Waals surface area contributed by atoms with Crippen LogP contribution in [-0.2, 0) is 21.8 Å². The maximum absolute atomic E-state index is 11.4. The van der Waals surface area contributed by atoms with E-state index in [0.29, 0.717) is 0 Å². The van der Waals surface area contributed by atoms with Gasteiger partial charge in [0.2, 0.25) is 0 Å². The standard InChI is InChI=1S/C8H9N3O4S/c1-3-4-15-8(12)6-5-10-11(2)7(6)16(9,13)14/h1,5H,4H2,2H3,(H2,9,13,14).